The quantitative estimate of drug-likeness (QED) is 0.0201. The van der Waals surface area contributed by atoms with Gasteiger partial charge in [-0.3, -0.25) is 53.6 Å². The van der Waals surface area contributed by atoms with Crippen LogP contribution in [0.25, 0.3) is 0 Å². The number of rotatable bonds is 21. The monoisotopic (exact) mass is 899 g/mol. The van der Waals surface area contributed by atoms with Crippen molar-refractivity contribution >= 4 is 53.3 Å². The van der Waals surface area contributed by atoms with E-state index in [2.05, 4.69) is 15.6 Å². The number of nitrogens with zero attached hydrogens (tertiary/aromatic N) is 5. The van der Waals surface area contributed by atoms with E-state index in [4.69, 9.17) is 32.4 Å². The molecule has 0 aromatic heterocycles. The molecule has 3 fully saturated rings. The SMILES string of the molecule is CC[C@H](C)[C@H](NC(=O)[C@H](CCC(N)=O)NC(=O)[C@@H]1CCCN1C(=O)[C@@H](N)CCCN=C(N)N)C(=O)N1CCC[C@H]1C(=O)N1CCC(C(=O)OCc2ccccc2)[C@]1(C(=O)OC)[N+](=O)[O-]. The Morgan fingerprint density at radius 1 is 0.922 bits per heavy atom. The van der Waals surface area contributed by atoms with Gasteiger partial charge in [0, 0.05) is 32.6 Å². The maximum atomic E-state index is 14.5. The molecule has 8 atom stereocenters. The van der Waals surface area contributed by atoms with Crippen molar-refractivity contribution in [2.75, 3.05) is 33.3 Å². The number of carbonyl (C=O) groups excluding carboxylic acids is 8. The van der Waals surface area contributed by atoms with Crippen LogP contribution in [0.15, 0.2) is 35.3 Å². The average Bonchev–Trinajstić information content (AvgIpc) is 4.06. The first-order chi connectivity index (χ1) is 30.4. The molecule has 0 saturated carbocycles. The van der Waals surface area contributed by atoms with Gasteiger partial charge in [-0.2, -0.15) is 0 Å². The van der Waals surface area contributed by atoms with Gasteiger partial charge in [-0.25, -0.2) is 4.79 Å². The van der Waals surface area contributed by atoms with Crippen LogP contribution in [-0.4, -0.2) is 142 Å². The van der Waals surface area contributed by atoms with Crippen molar-refractivity contribution in [2.24, 2.45) is 39.8 Å². The van der Waals surface area contributed by atoms with Gasteiger partial charge in [0.2, 0.25) is 29.5 Å². The molecule has 10 N–H and O–H groups in total. The molecule has 23 heteroatoms. The predicted molar refractivity (Wildman–Crippen MR) is 227 cm³/mol. The molecule has 352 valence electrons. The summed E-state index contributed by atoms with van der Waals surface area (Å²) >= 11 is 0. The molecule has 23 nitrogen and oxygen atoms in total. The molecule has 1 aromatic rings. The number of amides is 6. The first-order valence-electron chi connectivity index (χ1n) is 21.5. The summed E-state index contributed by atoms with van der Waals surface area (Å²) in [6, 6.07) is 2.51. The maximum absolute atomic E-state index is 14.5. The van der Waals surface area contributed by atoms with Crippen LogP contribution in [0.2, 0.25) is 0 Å². The molecule has 6 amide bonds. The van der Waals surface area contributed by atoms with Gasteiger partial charge in [0.1, 0.15) is 30.8 Å². The maximum Gasteiger partial charge on any atom is 0.408 e. The number of hydrogen-bond acceptors (Lipinski definition) is 14. The van der Waals surface area contributed by atoms with Crippen LogP contribution in [0.3, 0.4) is 0 Å². The van der Waals surface area contributed by atoms with Crippen LogP contribution in [0.4, 0.5) is 0 Å². The normalized spacial score (nSPS) is 22.4. The smallest absolute Gasteiger partial charge is 0.408 e. The van der Waals surface area contributed by atoms with Crippen LogP contribution in [0, 0.1) is 22.0 Å². The summed E-state index contributed by atoms with van der Waals surface area (Å²) in [5.74, 6) is -9.46. The molecular formula is C41H61N11O12. The number of likely N-dealkylation sites (tertiary alicyclic amines) is 3. The molecule has 0 spiro atoms. The molecule has 64 heavy (non-hydrogen) atoms. The first kappa shape index (κ1) is 50.3. The number of guanidine groups is 1. The van der Waals surface area contributed by atoms with Gasteiger partial charge in [-0.05, 0) is 62.8 Å². The fourth-order valence-corrected chi connectivity index (χ4v) is 8.48. The van der Waals surface area contributed by atoms with Gasteiger partial charge in [0.05, 0.1) is 18.1 Å². The highest BCUT2D eigenvalue weighted by atomic mass is 16.6. The zero-order valence-electron chi connectivity index (χ0n) is 36.5. The number of aliphatic imine (C=N–C) groups is 1. The van der Waals surface area contributed by atoms with Gasteiger partial charge in [-0.15, -0.1) is 0 Å². The molecule has 3 aliphatic rings. The second-order valence-corrected chi connectivity index (χ2v) is 16.3. The Kier molecular flexibility index (Phi) is 17.9. The second kappa shape index (κ2) is 22.8. The van der Waals surface area contributed by atoms with Crippen molar-refractivity contribution in [3.05, 3.63) is 46.0 Å². The minimum absolute atomic E-state index is 0.00191. The molecule has 1 aromatic carbocycles. The van der Waals surface area contributed by atoms with Gasteiger partial charge in [-0.1, -0.05) is 50.6 Å². The van der Waals surface area contributed by atoms with E-state index in [1.54, 1.807) is 44.2 Å². The molecule has 0 radical (unpaired) electrons. The Morgan fingerprint density at radius 3 is 2.16 bits per heavy atom. The number of ether oxygens (including phenoxy) is 2. The standard InChI is InChI=1S/C41H61N11O12/c1-4-24(2)32(48-33(54)28(16-17-31(43)53)47-34(55)29-14-9-20-49(29)35(56)27(42)13-8-19-46-40(44)45)37(58)50-21-10-15-30(50)36(57)51-22-18-26(41(51,52(61)62)39(60)63-3)38(59)64-23-25-11-6-5-7-12-25/h5-7,11-12,24,26-30,32H,4,8-10,13-23,42H2,1-3H3,(H2,43,53)(H,47,55)(H,48,54)(H4,44,45,46)/t24-,26?,27-,28-,29-,30-,32-,41+/m0/s1. The molecular weight excluding hydrogens is 839 g/mol. The Labute approximate surface area is 370 Å². The lowest BCUT2D eigenvalue weighted by atomic mass is 9.92. The fraction of sp³-hybridized carbons (Fsp3) is 0.634. The average molecular weight is 900 g/mol. The second-order valence-electron chi connectivity index (χ2n) is 16.3. The van der Waals surface area contributed by atoms with E-state index in [0.717, 1.165) is 7.11 Å². The molecule has 1 unspecified atom stereocenters. The highest BCUT2D eigenvalue weighted by Gasteiger charge is 2.72. The largest absolute Gasteiger partial charge is 0.462 e. The third-order valence-electron chi connectivity index (χ3n) is 12.1. The fourth-order valence-electron chi connectivity index (χ4n) is 8.48. The summed E-state index contributed by atoms with van der Waals surface area (Å²) in [6.07, 6.45) is 1.14. The molecule has 0 aliphatic carbocycles. The van der Waals surface area contributed by atoms with E-state index < -0.39 is 107 Å². The molecule has 4 rings (SSSR count). The number of esters is 2. The lowest BCUT2D eigenvalue weighted by molar-refractivity contribution is -0.582. The summed E-state index contributed by atoms with van der Waals surface area (Å²) in [7, 11) is 0.893. The summed E-state index contributed by atoms with van der Waals surface area (Å²) in [5.41, 5.74) is 19.9. The minimum Gasteiger partial charge on any atom is -0.462 e. The van der Waals surface area contributed by atoms with Gasteiger partial charge in [0.15, 0.2) is 11.9 Å². The topological polar surface area (TPSA) is 348 Å². The summed E-state index contributed by atoms with van der Waals surface area (Å²) in [6.45, 7) is 3.26. The first-order valence-corrected chi connectivity index (χ1v) is 21.5. The Balaban J connectivity index is 1.54. The van der Waals surface area contributed by atoms with Gasteiger partial charge >= 0.3 is 17.6 Å². The molecule has 3 aliphatic heterocycles. The van der Waals surface area contributed by atoms with Crippen molar-refractivity contribution < 1.29 is 52.8 Å². The number of nitro groups is 1. The minimum atomic E-state index is -3.01. The van der Waals surface area contributed by atoms with Crippen LogP contribution in [0.5, 0.6) is 0 Å². The highest BCUT2D eigenvalue weighted by Crippen LogP contribution is 2.40. The van der Waals surface area contributed by atoms with Crippen LogP contribution in [0.1, 0.15) is 83.6 Å². The Bertz CT molecular complexity index is 1930. The van der Waals surface area contributed by atoms with Gasteiger partial charge < -0.3 is 52.8 Å². The zero-order chi connectivity index (χ0) is 47.3. The Morgan fingerprint density at radius 2 is 1.56 bits per heavy atom. The number of nitrogens with one attached hydrogen (secondary N) is 2. The summed E-state index contributed by atoms with van der Waals surface area (Å²) in [4.78, 5) is 128. The van der Waals surface area contributed by atoms with Crippen molar-refractivity contribution in [3.8, 4) is 0 Å². The zero-order valence-corrected chi connectivity index (χ0v) is 36.5. The van der Waals surface area contributed by atoms with Crippen molar-refractivity contribution in [1.82, 2.24) is 25.3 Å². The predicted octanol–water partition coefficient (Wildman–Crippen LogP) is -1.63. The van der Waals surface area contributed by atoms with Crippen molar-refractivity contribution in [3.63, 3.8) is 0 Å². The van der Waals surface area contributed by atoms with E-state index in [9.17, 15) is 48.5 Å². The van der Waals surface area contributed by atoms with Crippen molar-refractivity contribution in [2.45, 2.75) is 121 Å². The van der Waals surface area contributed by atoms with Crippen molar-refractivity contribution in [1.29, 1.82) is 0 Å². The summed E-state index contributed by atoms with van der Waals surface area (Å²) in [5, 5.41) is 18.3. The third-order valence-corrected chi connectivity index (χ3v) is 12.1. The van der Waals surface area contributed by atoms with Crippen LogP contribution in [-0.2, 0) is 54.4 Å². The van der Waals surface area contributed by atoms with Gasteiger partial charge in [0.25, 0.3) is 5.91 Å². The molecule has 0 bridgehead atoms. The van der Waals surface area contributed by atoms with E-state index in [1.807, 2.05) is 0 Å². The lowest BCUT2D eigenvalue weighted by Crippen LogP contribution is -2.66. The van der Waals surface area contributed by atoms with Crippen LogP contribution < -0.4 is 33.6 Å². The summed E-state index contributed by atoms with van der Waals surface area (Å²) < 4.78 is 10.3. The molecule has 3 heterocycles. The number of primary amides is 1. The lowest BCUT2D eigenvalue weighted by Gasteiger charge is -2.36. The number of hydrogen-bond donors (Lipinski definition) is 6. The number of methoxy groups -OCH3 is 1. The van der Waals surface area contributed by atoms with E-state index in [1.165, 1.54) is 9.80 Å². The van der Waals surface area contributed by atoms with E-state index in [0.29, 0.717) is 29.7 Å². The van der Waals surface area contributed by atoms with Crippen LogP contribution >= 0.6 is 0 Å². The molecule has 3 saturated heterocycles. The third kappa shape index (κ3) is 11.6. The number of carbonyl (C=O) groups is 8. The van der Waals surface area contributed by atoms with E-state index >= 15 is 0 Å². The number of nitrogens with two attached hydrogens (primary N) is 4. The van der Waals surface area contributed by atoms with E-state index in [-0.39, 0.29) is 77.1 Å². The highest BCUT2D eigenvalue weighted by molar-refractivity contribution is 5.98. The number of benzene rings is 1. The Hall–Kier alpha value is -6.39.